The SMILES string of the molecule is Cc1c(CNC(=O)Nc2nnc(-c3cccs3)s2)cnn1C. The Bertz CT molecular complexity index is 776. The largest absolute Gasteiger partial charge is 0.334 e. The van der Waals surface area contributed by atoms with Crippen LogP contribution in [0.25, 0.3) is 9.88 Å². The summed E-state index contributed by atoms with van der Waals surface area (Å²) < 4.78 is 1.77. The van der Waals surface area contributed by atoms with Crippen LogP contribution < -0.4 is 10.6 Å². The third-order valence-electron chi connectivity index (χ3n) is 3.15. The zero-order chi connectivity index (χ0) is 15.5. The third kappa shape index (κ3) is 3.15. The Morgan fingerprint density at radius 3 is 2.95 bits per heavy atom. The Morgan fingerprint density at radius 1 is 1.41 bits per heavy atom. The molecule has 3 aromatic heterocycles. The number of nitrogens with one attached hydrogen (secondary N) is 2. The lowest BCUT2D eigenvalue weighted by Gasteiger charge is -2.04. The van der Waals surface area contributed by atoms with Gasteiger partial charge in [-0.15, -0.1) is 21.5 Å². The lowest BCUT2D eigenvalue weighted by molar-refractivity contribution is 0.251. The minimum Gasteiger partial charge on any atom is -0.334 e. The monoisotopic (exact) mass is 334 g/mol. The van der Waals surface area contributed by atoms with E-state index in [4.69, 9.17) is 0 Å². The van der Waals surface area contributed by atoms with Gasteiger partial charge in [-0.05, 0) is 18.4 Å². The zero-order valence-electron chi connectivity index (χ0n) is 12.0. The number of thiophene rings is 1. The number of aryl methyl sites for hydroxylation is 1. The van der Waals surface area contributed by atoms with Crippen molar-refractivity contribution in [1.29, 1.82) is 0 Å². The van der Waals surface area contributed by atoms with Crippen LogP contribution in [0, 0.1) is 6.92 Å². The number of carbonyl (C=O) groups excluding carboxylic acids is 1. The standard InChI is InChI=1S/C13H14N6OS2/c1-8-9(7-15-19(8)2)6-14-12(20)16-13-18-17-11(22-13)10-4-3-5-21-10/h3-5,7H,6H2,1-2H3,(H2,14,16,18,20). The van der Waals surface area contributed by atoms with E-state index in [9.17, 15) is 4.79 Å². The highest BCUT2D eigenvalue weighted by Gasteiger charge is 2.11. The Morgan fingerprint density at radius 2 is 2.27 bits per heavy atom. The van der Waals surface area contributed by atoms with Crippen molar-refractivity contribution in [3.05, 3.63) is 35.0 Å². The van der Waals surface area contributed by atoms with Gasteiger partial charge in [0.25, 0.3) is 0 Å². The molecule has 0 saturated carbocycles. The lowest BCUT2D eigenvalue weighted by atomic mass is 10.2. The summed E-state index contributed by atoms with van der Waals surface area (Å²) in [7, 11) is 1.87. The summed E-state index contributed by atoms with van der Waals surface area (Å²) in [4.78, 5) is 12.9. The Balaban J connectivity index is 1.57. The van der Waals surface area contributed by atoms with E-state index in [1.807, 2.05) is 31.5 Å². The maximum absolute atomic E-state index is 11.9. The Kier molecular flexibility index (Phi) is 4.16. The molecule has 3 rings (SSSR count). The summed E-state index contributed by atoms with van der Waals surface area (Å²) in [6, 6.07) is 3.62. The molecule has 3 aromatic rings. The molecule has 7 nitrogen and oxygen atoms in total. The van der Waals surface area contributed by atoms with Gasteiger partial charge in [0.1, 0.15) is 0 Å². The van der Waals surface area contributed by atoms with Crippen LogP contribution in [-0.2, 0) is 13.6 Å². The fourth-order valence-corrected chi connectivity index (χ4v) is 3.34. The molecular weight excluding hydrogens is 320 g/mol. The van der Waals surface area contributed by atoms with Crippen LogP contribution in [0.15, 0.2) is 23.7 Å². The van der Waals surface area contributed by atoms with E-state index >= 15 is 0 Å². The predicted molar refractivity (Wildman–Crippen MR) is 87.0 cm³/mol. The Labute approximate surface area is 135 Å². The number of nitrogens with zero attached hydrogens (tertiary/aromatic N) is 4. The van der Waals surface area contributed by atoms with Crippen molar-refractivity contribution in [2.45, 2.75) is 13.5 Å². The molecule has 9 heteroatoms. The molecule has 2 N–H and O–H groups in total. The first kappa shape index (κ1) is 14.7. The molecule has 22 heavy (non-hydrogen) atoms. The molecular formula is C13H14N6OS2. The highest BCUT2D eigenvalue weighted by atomic mass is 32.1. The van der Waals surface area contributed by atoms with Crippen LogP contribution >= 0.6 is 22.7 Å². The number of carbonyl (C=O) groups is 1. The molecule has 0 bridgehead atoms. The van der Waals surface area contributed by atoms with Crippen LogP contribution in [0.1, 0.15) is 11.3 Å². The second kappa shape index (κ2) is 6.24. The molecule has 0 fully saturated rings. The number of anilines is 1. The number of hydrogen-bond acceptors (Lipinski definition) is 6. The van der Waals surface area contributed by atoms with Gasteiger partial charge in [0, 0.05) is 24.8 Å². The smallest absolute Gasteiger partial charge is 0.321 e. The van der Waals surface area contributed by atoms with Crippen molar-refractivity contribution in [2.24, 2.45) is 7.05 Å². The van der Waals surface area contributed by atoms with Gasteiger partial charge in [-0.25, -0.2) is 4.79 Å². The maximum Gasteiger partial charge on any atom is 0.321 e. The van der Waals surface area contributed by atoms with Crippen LogP contribution in [0.2, 0.25) is 0 Å². The van der Waals surface area contributed by atoms with Crippen molar-refractivity contribution < 1.29 is 4.79 Å². The van der Waals surface area contributed by atoms with E-state index in [0.29, 0.717) is 11.7 Å². The Hall–Kier alpha value is -2.26. The predicted octanol–water partition coefficient (Wildman–Crippen LogP) is 2.63. The third-order valence-corrected chi connectivity index (χ3v) is 5.03. The molecule has 3 heterocycles. The number of amides is 2. The first-order valence-corrected chi connectivity index (χ1v) is 8.23. The van der Waals surface area contributed by atoms with E-state index < -0.39 is 0 Å². The van der Waals surface area contributed by atoms with Crippen molar-refractivity contribution in [1.82, 2.24) is 25.3 Å². The van der Waals surface area contributed by atoms with Crippen LogP contribution in [0.3, 0.4) is 0 Å². The minimum atomic E-state index is -0.308. The molecule has 0 atom stereocenters. The summed E-state index contributed by atoms with van der Waals surface area (Å²) in [5, 5.41) is 20.9. The average Bonchev–Trinajstić information content (AvgIpc) is 3.21. The van der Waals surface area contributed by atoms with Crippen molar-refractivity contribution in [3.8, 4) is 9.88 Å². The molecule has 0 radical (unpaired) electrons. The van der Waals surface area contributed by atoms with Crippen molar-refractivity contribution in [3.63, 3.8) is 0 Å². The molecule has 0 aliphatic heterocycles. The molecule has 114 valence electrons. The molecule has 2 amide bonds. The fraction of sp³-hybridized carbons (Fsp3) is 0.231. The number of hydrogen-bond donors (Lipinski definition) is 2. The average molecular weight is 334 g/mol. The first-order chi connectivity index (χ1) is 10.6. The fourth-order valence-electron chi connectivity index (χ4n) is 1.81. The van der Waals surface area contributed by atoms with Gasteiger partial charge in [-0.3, -0.25) is 10.00 Å². The van der Waals surface area contributed by atoms with Gasteiger partial charge in [0.2, 0.25) is 5.13 Å². The highest BCUT2D eigenvalue weighted by Crippen LogP contribution is 2.29. The molecule has 0 aliphatic carbocycles. The van der Waals surface area contributed by atoms with Crippen LogP contribution in [0.4, 0.5) is 9.93 Å². The number of urea groups is 1. The van der Waals surface area contributed by atoms with Crippen LogP contribution in [0.5, 0.6) is 0 Å². The summed E-state index contributed by atoms with van der Waals surface area (Å²) in [6.45, 7) is 2.38. The summed E-state index contributed by atoms with van der Waals surface area (Å²) >= 11 is 2.94. The van der Waals surface area contributed by atoms with Crippen molar-refractivity contribution >= 4 is 33.8 Å². The van der Waals surface area contributed by atoms with Gasteiger partial charge in [-0.2, -0.15) is 5.10 Å². The van der Waals surface area contributed by atoms with Gasteiger partial charge in [-0.1, -0.05) is 17.4 Å². The lowest BCUT2D eigenvalue weighted by Crippen LogP contribution is -2.28. The highest BCUT2D eigenvalue weighted by molar-refractivity contribution is 7.23. The van der Waals surface area contributed by atoms with Gasteiger partial charge in [0.15, 0.2) is 5.01 Å². The summed E-state index contributed by atoms with van der Waals surface area (Å²) in [5.41, 5.74) is 2.00. The molecule has 0 aromatic carbocycles. The molecule has 0 saturated heterocycles. The number of rotatable bonds is 4. The normalized spacial score (nSPS) is 10.6. The van der Waals surface area contributed by atoms with E-state index in [1.54, 1.807) is 22.2 Å². The molecule has 0 spiro atoms. The van der Waals surface area contributed by atoms with E-state index in [2.05, 4.69) is 25.9 Å². The second-order valence-electron chi connectivity index (χ2n) is 4.58. The second-order valence-corrected chi connectivity index (χ2v) is 6.50. The number of aromatic nitrogens is 4. The topological polar surface area (TPSA) is 84.7 Å². The van der Waals surface area contributed by atoms with E-state index in [-0.39, 0.29) is 6.03 Å². The van der Waals surface area contributed by atoms with E-state index in [1.165, 1.54) is 11.3 Å². The first-order valence-electron chi connectivity index (χ1n) is 6.53. The molecule has 0 unspecified atom stereocenters. The van der Waals surface area contributed by atoms with Gasteiger partial charge >= 0.3 is 6.03 Å². The summed E-state index contributed by atoms with van der Waals surface area (Å²) in [5.74, 6) is 0. The van der Waals surface area contributed by atoms with Gasteiger partial charge in [0.05, 0.1) is 11.1 Å². The van der Waals surface area contributed by atoms with Gasteiger partial charge < -0.3 is 5.32 Å². The van der Waals surface area contributed by atoms with Crippen molar-refractivity contribution in [2.75, 3.05) is 5.32 Å². The van der Waals surface area contributed by atoms with E-state index in [0.717, 1.165) is 21.1 Å². The minimum absolute atomic E-state index is 0.308. The molecule has 0 aliphatic rings. The van der Waals surface area contributed by atoms with Crippen LogP contribution in [-0.4, -0.2) is 26.0 Å². The quantitative estimate of drug-likeness (QED) is 0.768. The summed E-state index contributed by atoms with van der Waals surface area (Å²) in [6.07, 6.45) is 1.75. The maximum atomic E-state index is 11.9. The zero-order valence-corrected chi connectivity index (χ0v) is 13.7.